The van der Waals surface area contributed by atoms with Crippen molar-refractivity contribution in [2.75, 3.05) is 5.32 Å². The maximum Gasteiger partial charge on any atom is 0.173 e. The van der Waals surface area contributed by atoms with Gasteiger partial charge in [-0.25, -0.2) is 0 Å². The molecule has 1 aromatic heterocycles. The van der Waals surface area contributed by atoms with Gasteiger partial charge in [0.1, 0.15) is 5.69 Å². The number of benzene rings is 1. The molecule has 0 bridgehead atoms. The summed E-state index contributed by atoms with van der Waals surface area (Å²) >= 11 is 6.72. The molecule has 0 saturated carbocycles. The van der Waals surface area contributed by atoms with E-state index >= 15 is 0 Å². The van der Waals surface area contributed by atoms with Crippen molar-refractivity contribution in [3.63, 3.8) is 0 Å². The SMILES string of the molecule is ClN=C(Nc1ccccc1)c1csnn1. The van der Waals surface area contributed by atoms with Crippen molar-refractivity contribution in [3.05, 3.63) is 41.4 Å². The number of aromatic nitrogens is 2. The highest BCUT2D eigenvalue weighted by molar-refractivity contribution is 7.03. The van der Waals surface area contributed by atoms with Crippen molar-refractivity contribution in [1.82, 2.24) is 9.59 Å². The van der Waals surface area contributed by atoms with Crippen molar-refractivity contribution in [2.45, 2.75) is 0 Å². The van der Waals surface area contributed by atoms with Gasteiger partial charge >= 0.3 is 0 Å². The Morgan fingerprint density at radius 1 is 1.33 bits per heavy atom. The quantitative estimate of drug-likeness (QED) is 0.646. The van der Waals surface area contributed by atoms with Crippen LogP contribution in [-0.2, 0) is 0 Å². The van der Waals surface area contributed by atoms with E-state index in [0.29, 0.717) is 11.5 Å². The summed E-state index contributed by atoms with van der Waals surface area (Å²) in [5.41, 5.74) is 1.55. The number of anilines is 1. The van der Waals surface area contributed by atoms with Crippen LogP contribution >= 0.6 is 23.3 Å². The first kappa shape index (κ1) is 10.1. The van der Waals surface area contributed by atoms with E-state index in [1.54, 1.807) is 5.38 Å². The number of hydrogen-bond acceptors (Lipinski definition) is 4. The third-order valence-corrected chi connectivity index (χ3v) is 2.40. The Bertz CT molecular complexity index is 440. The molecule has 1 heterocycles. The molecule has 0 aliphatic carbocycles. The lowest BCUT2D eigenvalue weighted by atomic mass is 10.3. The summed E-state index contributed by atoms with van der Waals surface area (Å²) in [6.07, 6.45) is 0. The van der Waals surface area contributed by atoms with Gasteiger partial charge in [-0.1, -0.05) is 22.7 Å². The number of para-hydroxylation sites is 1. The van der Waals surface area contributed by atoms with Gasteiger partial charge in [-0.05, 0) is 23.7 Å². The van der Waals surface area contributed by atoms with Crippen LogP contribution in [0.25, 0.3) is 0 Å². The summed E-state index contributed by atoms with van der Waals surface area (Å²) in [5, 5.41) is 8.70. The molecule has 0 spiro atoms. The van der Waals surface area contributed by atoms with E-state index in [1.807, 2.05) is 30.3 Å². The van der Waals surface area contributed by atoms with Crippen LogP contribution in [0.15, 0.2) is 40.2 Å². The average Bonchev–Trinajstić information content (AvgIpc) is 2.81. The molecule has 4 nitrogen and oxygen atoms in total. The van der Waals surface area contributed by atoms with Crippen LogP contribution in [0.1, 0.15) is 5.69 Å². The van der Waals surface area contributed by atoms with Gasteiger partial charge in [-0.3, -0.25) is 0 Å². The van der Waals surface area contributed by atoms with Crippen molar-refractivity contribution in [1.29, 1.82) is 0 Å². The van der Waals surface area contributed by atoms with E-state index < -0.39 is 0 Å². The van der Waals surface area contributed by atoms with Crippen molar-refractivity contribution >= 4 is 34.8 Å². The monoisotopic (exact) mass is 238 g/mol. The van der Waals surface area contributed by atoms with Gasteiger partial charge in [0.25, 0.3) is 0 Å². The standard InChI is InChI=1S/C9H7ClN4S/c10-12-9(8-6-15-14-13-8)11-7-4-2-1-3-5-7/h1-6H,(H,11,12). The van der Waals surface area contributed by atoms with Crippen molar-refractivity contribution in [2.24, 2.45) is 4.51 Å². The van der Waals surface area contributed by atoms with Crippen LogP contribution in [0.5, 0.6) is 0 Å². The second kappa shape index (κ2) is 4.86. The number of halogens is 1. The lowest BCUT2D eigenvalue weighted by Crippen LogP contribution is -2.13. The first-order chi connectivity index (χ1) is 7.40. The molecule has 1 N–H and O–H groups in total. The van der Waals surface area contributed by atoms with Crippen LogP contribution in [-0.4, -0.2) is 15.4 Å². The van der Waals surface area contributed by atoms with Gasteiger partial charge in [0.05, 0.1) is 0 Å². The number of amidine groups is 1. The van der Waals surface area contributed by atoms with E-state index in [4.69, 9.17) is 11.8 Å². The van der Waals surface area contributed by atoms with E-state index in [9.17, 15) is 0 Å². The first-order valence-electron chi connectivity index (χ1n) is 4.18. The molecule has 2 aromatic rings. The second-order valence-corrected chi connectivity index (χ2v) is 3.49. The lowest BCUT2D eigenvalue weighted by Gasteiger charge is -2.04. The van der Waals surface area contributed by atoms with Crippen LogP contribution in [0.3, 0.4) is 0 Å². The Kier molecular flexibility index (Phi) is 3.26. The minimum Gasteiger partial charge on any atom is -0.337 e. The number of hydrogen-bond donors (Lipinski definition) is 1. The fourth-order valence-electron chi connectivity index (χ4n) is 1.05. The lowest BCUT2D eigenvalue weighted by molar-refractivity contribution is 1.14. The van der Waals surface area contributed by atoms with E-state index in [-0.39, 0.29) is 0 Å². The Morgan fingerprint density at radius 3 is 2.73 bits per heavy atom. The predicted octanol–water partition coefficient (Wildman–Crippen LogP) is 2.55. The van der Waals surface area contributed by atoms with Gasteiger partial charge in [0, 0.05) is 22.8 Å². The third-order valence-electron chi connectivity index (χ3n) is 1.72. The van der Waals surface area contributed by atoms with Crippen molar-refractivity contribution < 1.29 is 0 Å². The normalized spacial score (nSPS) is 11.4. The average molecular weight is 239 g/mol. The molecule has 15 heavy (non-hydrogen) atoms. The topological polar surface area (TPSA) is 50.2 Å². The zero-order valence-electron chi connectivity index (χ0n) is 7.59. The molecule has 0 amide bonds. The van der Waals surface area contributed by atoms with Gasteiger partial charge in [0.15, 0.2) is 5.84 Å². The number of rotatable bonds is 2. The summed E-state index contributed by atoms with van der Waals surface area (Å²) in [6.45, 7) is 0. The summed E-state index contributed by atoms with van der Waals surface area (Å²) in [4.78, 5) is 0. The van der Waals surface area contributed by atoms with Gasteiger partial charge < -0.3 is 5.32 Å². The second-order valence-electron chi connectivity index (χ2n) is 2.71. The molecule has 0 aliphatic heterocycles. The van der Waals surface area contributed by atoms with Gasteiger partial charge in [-0.15, -0.1) is 5.10 Å². The van der Waals surface area contributed by atoms with E-state index in [1.165, 1.54) is 11.5 Å². The minimum atomic E-state index is 0.497. The third kappa shape index (κ3) is 2.51. The first-order valence-corrected chi connectivity index (χ1v) is 5.36. The Labute approximate surface area is 95.9 Å². The summed E-state index contributed by atoms with van der Waals surface area (Å²) in [7, 11) is 0. The van der Waals surface area contributed by atoms with Crippen LogP contribution in [0.2, 0.25) is 0 Å². The van der Waals surface area contributed by atoms with Crippen LogP contribution in [0, 0.1) is 0 Å². The molecule has 6 heteroatoms. The zero-order chi connectivity index (χ0) is 10.5. The molecule has 76 valence electrons. The highest BCUT2D eigenvalue weighted by Gasteiger charge is 2.06. The number of nitrogens with one attached hydrogen (secondary N) is 1. The number of nitrogens with zero attached hydrogens (tertiary/aromatic N) is 3. The Balaban J connectivity index is 2.18. The summed E-state index contributed by atoms with van der Waals surface area (Å²) < 4.78 is 7.35. The maximum atomic E-state index is 5.47. The largest absolute Gasteiger partial charge is 0.337 e. The molecule has 0 radical (unpaired) electrons. The van der Waals surface area contributed by atoms with Crippen molar-refractivity contribution in [3.8, 4) is 0 Å². The smallest absolute Gasteiger partial charge is 0.173 e. The molecule has 0 saturated heterocycles. The Morgan fingerprint density at radius 2 is 2.13 bits per heavy atom. The molecule has 0 aliphatic rings. The van der Waals surface area contributed by atoms with E-state index in [2.05, 4.69) is 19.4 Å². The molecule has 1 aromatic carbocycles. The highest BCUT2D eigenvalue weighted by Crippen LogP contribution is 2.09. The summed E-state index contributed by atoms with van der Waals surface area (Å²) in [5.74, 6) is 0.497. The minimum absolute atomic E-state index is 0.497. The van der Waals surface area contributed by atoms with Gasteiger partial charge in [-0.2, -0.15) is 4.51 Å². The van der Waals surface area contributed by atoms with E-state index in [0.717, 1.165) is 5.69 Å². The molecule has 0 atom stereocenters. The molecular weight excluding hydrogens is 232 g/mol. The fourth-order valence-corrected chi connectivity index (χ4v) is 1.62. The van der Waals surface area contributed by atoms with Crippen LogP contribution < -0.4 is 5.32 Å². The zero-order valence-corrected chi connectivity index (χ0v) is 9.16. The molecular formula is C9H7ClN4S. The molecule has 0 unspecified atom stereocenters. The predicted molar refractivity (Wildman–Crippen MR) is 62.4 cm³/mol. The fraction of sp³-hybridized carbons (Fsp3) is 0. The molecule has 0 fully saturated rings. The molecule has 2 rings (SSSR count). The maximum absolute atomic E-state index is 5.47. The van der Waals surface area contributed by atoms with Gasteiger partial charge in [0.2, 0.25) is 0 Å². The Hall–Kier alpha value is -1.46. The van der Waals surface area contributed by atoms with Crippen LogP contribution in [0.4, 0.5) is 5.69 Å². The highest BCUT2D eigenvalue weighted by atomic mass is 35.5. The summed E-state index contributed by atoms with van der Waals surface area (Å²) in [6, 6.07) is 9.62.